The molecule has 2 rings (SSSR count). The third-order valence-corrected chi connectivity index (χ3v) is 2.95. The number of aliphatic hydroxyl groups excluding tert-OH is 1. The Bertz CT molecular complexity index is 540. The summed E-state index contributed by atoms with van der Waals surface area (Å²) < 4.78 is 10.7. The molecule has 0 saturated heterocycles. The summed E-state index contributed by atoms with van der Waals surface area (Å²) in [5, 5.41) is 10.4. The number of benzene rings is 1. The third kappa shape index (κ3) is 3.27. The molecular formula is C16H19NO3. The van der Waals surface area contributed by atoms with E-state index in [-0.39, 0.29) is 0 Å². The lowest BCUT2D eigenvalue weighted by Crippen LogP contribution is -2.05. The van der Waals surface area contributed by atoms with Gasteiger partial charge in [-0.15, -0.1) is 0 Å². The molecule has 0 radical (unpaired) electrons. The number of rotatable bonds is 6. The molecule has 1 aromatic carbocycles. The van der Waals surface area contributed by atoms with Crippen LogP contribution in [0.4, 0.5) is 0 Å². The van der Waals surface area contributed by atoms with Crippen LogP contribution in [0.25, 0.3) is 0 Å². The van der Waals surface area contributed by atoms with Gasteiger partial charge in [-0.3, -0.25) is 4.98 Å². The minimum Gasteiger partial charge on any atom is -0.495 e. The van der Waals surface area contributed by atoms with Crippen molar-refractivity contribution in [2.45, 2.75) is 19.4 Å². The summed E-state index contributed by atoms with van der Waals surface area (Å²) in [4.78, 5) is 4.19. The van der Waals surface area contributed by atoms with Crippen LogP contribution in [0.2, 0.25) is 0 Å². The molecule has 4 heteroatoms. The molecule has 1 unspecified atom stereocenters. The number of hydrogen-bond donors (Lipinski definition) is 1. The number of aromatic nitrogens is 1. The number of aliphatic hydroxyl groups is 1. The van der Waals surface area contributed by atoms with Crippen molar-refractivity contribution >= 4 is 0 Å². The van der Waals surface area contributed by atoms with Crippen LogP contribution < -0.4 is 9.47 Å². The fraction of sp³-hybridized carbons (Fsp3) is 0.312. The maximum atomic E-state index is 10.4. The first-order chi connectivity index (χ1) is 9.76. The number of nitrogens with zero attached hydrogens (tertiary/aromatic N) is 1. The Hall–Kier alpha value is -2.07. The van der Waals surface area contributed by atoms with Gasteiger partial charge in [0.05, 0.1) is 13.7 Å². The molecule has 0 amide bonds. The zero-order chi connectivity index (χ0) is 14.4. The van der Waals surface area contributed by atoms with Gasteiger partial charge in [0, 0.05) is 6.20 Å². The van der Waals surface area contributed by atoms with Crippen LogP contribution in [0.3, 0.4) is 0 Å². The zero-order valence-electron chi connectivity index (χ0n) is 11.7. The van der Waals surface area contributed by atoms with Crippen LogP contribution in [0.5, 0.6) is 11.5 Å². The Labute approximate surface area is 119 Å². The minimum absolute atomic E-state index is 0.511. The highest BCUT2D eigenvalue weighted by Crippen LogP contribution is 2.28. The summed E-state index contributed by atoms with van der Waals surface area (Å²) in [5.41, 5.74) is 1.27. The highest BCUT2D eigenvalue weighted by atomic mass is 16.5. The van der Waals surface area contributed by atoms with Gasteiger partial charge in [-0.05, 0) is 36.2 Å². The molecule has 1 N–H and O–H groups in total. The summed E-state index contributed by atoms with van der Waals surface area (Å²) >= 11 is 0. The average Bonchev–Trinajstić information content (AvgIpc) is 2.52. The molecule has 1 aromatic heterocycles. The maximum Gasteiger partial charge on any atom is 0.143 e. The number of pyridine rings is 1. The number of methoxy groups -OCH3 is 1. The molecular weight excluding hydrogens is 254 g/mol. The van der Waals surface area contributed by atoms with Gasteiger partial charge in [0.25, 0.3) is 0 Å². The van der Waals surface area contributed by atoms with Crippen LogP contribution in [-0.2, 0) is 0 Å². The van der Waals surface area contributed by atoms with E-state index in [0.29, 0.717) is 18.1 Å². The molecule has 0 spiro atoms. The minimum atomic E-state index is -0.814. The lowest BCUT2D eigenvalue weighted by Gasteiger charge is -2.14. The van der Waals surface area contributed by atoms with Crippen LogP contribution >= 0.6 is 0 Å². The van der Waals surface area contributed by atoms with E-state index in [1.807, 2.05) is 24.3 Å². The van der Waals surface area contributed by atoms with E-state index in [9.17, 15) is 5.11 Å². The number of ether oxygens (including phenoxy) is 2. The molecule has 20 heavy (non-hydrogen) atoms. The van der Waals surface area contributed by atoms with Gasteiger partial charge in [0.15, 0.2) is 0 Å². The van der Waals surface area contributed by atoms with Gasteiger partial charge >= 0.3 is 0 Å². The Balaban J connectivity index is 2.18. The predicted molar refractivity (Wildman–Crippen MR) is 77.1 cm³/mol. The Morgan fingerprint density at radius 2 is 1.95 bits per heavy atom. The summed E-state index contributed by atoms with van der Waals surface area (Å²) in [7, 11) is 1.56. The second-order valence-corrected chi connectivity index (χ2v) is 4.41. The topological polar surface area (TPSA) is 51.6 Å². The molecule has 0 saturated carbocycles. The van der Waals surface area contributed by atoms with Crippen molar-refractivity contribution in [3.05, 3.63) is 53.9 Å². The van der Waals surface area contributed by atoms with Crippen molar-refractivity contribution in [3.8, 4) is 11.5 Å². The first-order valence-corrected chi connectivity index (χ1v) is 6.66. The fourth-order valence-electron chi connectivity index (χ4n) is 1.90. The molecule has 0 aliphatic heterocycles. The predicted octanol–water partition coefficient (Wildman–Crippen LogP) is 2.96. The molecule has 2 aromatic rings. The first-order valence-electron chi connectivity index (χ1n) is 6.66. The van der Waals surface area contributed by atoms with Gasteiger partial charge in [0.2, 0.25) is 0 Å². The van der Waals surface area contributed by atoms with E-state index >= 15 is 0 Å². The van der Waals surface area contributed by atoms with Crippen molar-refractivity contribution in [2.24, 2.45) is 0 Å². The molecule has 0 bridgehead atoms. The van der Waals surface area contributed by atoms with E-state index < -0.39 is 6.10 Å². The summed E-state index contributed by atoms with van der Waals surface area (Å²) in [6.07, 6.45) is 1.79. The summed E-state index contributed by atoms with van der Waals surface area (Å²) in [6, 6.07) is 10.9. The molecule has 0 aliphatic rings. The van der Waals surface area contributed by atoms with Gasteiger partial charge in [-0.25, -0.2) is 0 Å². The van der Waals surface area contributed by atoms with E-state index in [1.165, 1.54) is 0 Å². The van der Waals surface area contributed by atoms with E-state index in [2.05, 4.69) is 11.9 Å². The fourth-order valence-corrected chi connectivity index (χ4v) is 1.90. The van der Waals surface area contributed by atoms with Crippen molar-refractivity contribution in [1.82, 2.24) is 4.98 Å². The Kier molecular flexibility index (Phi) is 4.96. The maximum absolute atomic E-state index is 10.4. The monoisotopic (exact) mass is 273 g/mol. The Morgan fingerprint density at radius 3 is 2.60 bits per heavy atom. The second-order valence-electron chi connectivity index (χ2n) is 4.41. The van der Waals surface area contributed by atoms with Gasteiger partial charge in [-0.1, -0.05) is 19.1 Å². The van der Waals surface area contributed by atoms with Crippen LogP contribution in [0.15, 0.2) is 42.6 Å². The van der Waals surface area contributed by atoms with Crippen molar-refractivity contribution in [1.29, 1.82) is 0 Å². The normalized spacial score (nSPS) is 11.9. The SMILES string of the molecule is CCCOc1ccc(C(O)c2ncccc2OC)cc1. The average molecular weight is 273 g/mol. The van der Waals surface area contributed by atoms with Crippen LogP contribution in [-0.4, -0.2) is 23.8 Å². The number of hydrogen-bond acceptors (Lipinski definition) is 4. The highest BCUT2D eigenvalue weighted by molar-refractivity contribution is 5.37. The third-order valence-electron chi connectivity index (χ3n) is 2.95. The van der Waals surface area contributed by atoms with Crippen molar-refractivity contribution in [2.75, 3.05) is 13.7 Å². The lowest BCUT2D eigenvalue weighted by molar-refractivity contribution is 0.209. The zero-order valence-corrected chi connectivity index (χ0v) is 11.7. The standard InChI is InChI=1S/C16H19NO3/c1-3-11-20-13-8-6-12(7-9-13)16(18)15-14(19-2)5-4-10-17-15/h4-10,16,18H,3,11H2,1-2H3. The first kappa shape index (κ1) is 14.3. The summed E-state index contributed by atoms with van der Waals surface area (Å²) in [5.74, 6) is 1.38. The van der Waals surface area contributed by atoms with Crippen molar-refractivity contribution in [3.63, 3.8) is 0 Å². The second kappa shape index (κ2) is 6.91. The summed E-state index contributed by atoms with van der Waals surface area (Å²) in [6.45, 7) is 2.75. The molecule has 1 atom stereocenters. The van der Waals surface area contributed by atoms with Gasteiger partial charge in [0.1, 0.15) is 23.3 Å². The molecule has 0 aliphatic carbocycles. The lowest BCUT2D eigenvalue weighted by atomic mass is 10.1. The smallest absolute Gasteiger partial charge is 0.143 e. The van der Waals surface area contributed by atoms with E-state index in [1.54, 1.807) is 25.4 Å². The largest absolute Gasteiger partial charge is 0.495 e. The van der Waals surface area contributed by atoms with Crippen LogP contribution in [0.1, 0.15) is 30.7 Å². The Morgan fingerprint density at radius 1 is 1.20 bits per heavy atom. The molecule has 4 nitrogen and oxygen atoms in total. The molecule has 1 heterocycles. The van der Waals surface area contributed by atoms with E-state index in [0.717, 1.165) is 17.7 Å². The van der Waals surface area contributed by atoms with Crippen LogP contribution in [0, 0.1) is 0 Å². The van der Waals surface area contributed by atoms with Gasteiger partial charge < -0.3 is 14.6 Å². The molecule has 0 fully saturated rings. The van der Waals surface area contributed by atoms with Crippen molar-refractivity contribution < 1.29 is 14.6 Å². The molecule has 106 valence electrons. The quantitative estimate of drug-likeness (QED) is 0.879. The van der Waals surface area contributed by atoms with Gasteiger partial charge in [-0.2, -0.15) is 0 Å². The van der Waals surface area contributed by atoms with E-state index in [4.69, 9.17) is 9.47 Å². The highest BCUT2D eigenvalue weighted by Gasteiger charge is 2.16.